The predicted octanol–water partition coefficient (Wildman–Crippen LogP) is 1.89. The number of hydrogen-bond acceptors (Lipinski definition) is 4. The molecule has 98 valence electrons. The molecule has 1 heterocycles. The summed E-state index contributed by atoms with van der Waals surface area (Å²) in [5.41, 5.74) is 1.12. The second kappa shape index (κ2) is 8.28. The fourth-order valence-electron chi connectivity index (χ4n) is 1.64. The van der Waals surface area contributed by atoms with Crippen molar-refractivity contribution in [1.82, 2.24) is 4.90 Å². The summed E-state index contributed by atoms with van der Waals surface area (Å²) < 4.78 is 10.4. The standard InChI is InChI=1S/C13H23NO3/c1-3-4-6-16-11-13(15)9-14(2)8-12-5-7-17-10-12/h5,7,10,13,15H,3-4,6,8-9,11H2,1-2H3. The number of furan rings is 1. The monoisotopic (exact) mass is 241 g/mol. The summed E-state index contributed by atoms with van der Waals surface area (Å²) in [6.07, 6.45) is 5.13. The Kier molecular flexibility index (Phi) is 6.93. The lowest BCUT2D eigenvalue weighted by Gasteiger charge is -2.19. The molecule has 0 bridgehead atoms. The normalized spacial score (nSPS) is 13.2. The first-order valence-electron chi connectivity index (χ1n) is 6.17. The molecule has 4 heteroatoms. The zero-order valence-electron chi connectivity index (χ0n) is 10.8. The van der Waals surface area contributed by atoms with Crippen LogP contribution < -0.4 is 0 Å². The van der Waals surface area contributed by atoms with Crippen molar-refractivity contribution in [3.05, 3.63) is 24.2 Å². The zero-order chi connectivity index (χ0) is 12.5. The first-order chi connectivity index (χ1) is 8.22. The molecule has 4 nitrogen and oxygen atoms in total. The van der Waals surface area contributed by atoms with Crippen LogP contribution in [0.5, 0.6) is 0 Å². The third kappa shape index (κ3) is 6.46. The Hall–Kier alpha value is -0.840. The van der Waals surface area contributed by atoms with E-state index in [-0.39, 0.29) is 0 Å². The van der Waals surface area contributed by atoms with Crippen molar-refractivity contribution in [2.45, 2.75) is 32.4 Å². The Balaban J connectivity index is 2.10. The molecule has 1 atom stereocenters. The van der Waals surface area contributed by atoms with E-state index in [1.807, 2.05) is 13.1 Å². The van der Waals surface area contributed by atoms with E-state index in [4.69, 9.17) is 9.15 Å². The second-order valence-corrected chi connectivity index (χ2v) is 4.41. The Morgan fingerprint density at radius 3 is 3.00 bits per heavy atom. The van der Waals surface area contributed by atoms with Crippen LogP contribution in [0.4, 0.5) is 0 Å². The molecule has 1 aromatic heterocycles. The smallest absolute Gasteiger partial charge is 0.0947 e. The molecular formula is C13H23NO3. The number of hydrogen-bond donors (Lipinski definition) is 1. The van der Waals surface area contributed by atoms with Gasteiger partial charge < -0.3 is 14.3 Å². The van der Waals surface area contributed by atoms with Gasteiger partial charge in [-0.3, -0.25) is 4.90 Å². The van der Waals surface area contributed by atoms with Crippen LogP contribution >= 0.6 is 0 Å². The number of ether oxygens (including phenoxy) is 1. The summed E-state index contributed by atoms with van der Waals surface area (Å²) in [6.45, 7) is 4.66. The molecule has 1 N–H and O–H groups in total. The lowest BCUT2D eigenvalue weighted by atomic mass is 10.3. The van der Waals surface area contributed by atoms with Crippen molar-refractivity contribution >= 4 is 0 Å². The topological polar surface area (TPSA) is 45.8 Å². The fourth-order valence-corrected chi connectivity index (χ4v) is 1.64. The molecule has 0 radical (unpaired) electrons. The van der Waals surface area contributed by atoms with Crippen LogP contribution in [0.3, 0.4) is 0 Å². The van der Waals surface area contributed by atoms with Gasteiger partial charge in [0, 0.05) is 25.3 Å². The zero-order valence-corrected chi connectivity index (χ0v) is 10.8. The van der Waals surface area contributed by atoms with Crippen LogP contribution in [0, 0.1) is 0 Å². The quantitative estimate of drug-likeness (QED) is 0.671. The SMILES string of the molecule is CCCCOCC(O)CN(C)Cc1ccoc1. The van der Waals surface area contributed by atoms with Crippen LogP contribution in [-0.2, 0) is 11.3 Å². The number of aliphatic hydroxyl groups excluding tert-OH is 1. The Morgan fingerprint density at radius 2 is 2.35 bits per heavy atom. The van der Waals surface area contributed by atoms with Gasteiger partial charge in [-0.05, 0) is 19.5 Å². The highest BCUT2D eigenvalue weighted by Gasteiger charge is 2.09. The minimum absolute atomic E-state index is 0.412. The fraction of sp³-hybridized carbons (Fsp3) is 0.692. The average molecular weight is 241 g/mol. The third-order valence-corrected chi connectivity index (χ3v) is 2.51. The summed E-state index contributed by atoms with van der Waals surface area (Å²) in [7, 11) is 1.97. The summed E-state index contributed by atoms with van der Waals surface area (Å²) >= 11 is 0. The van der Waals surface area contributed by atoms with Gasteiger partial charge in [-0.15, -0.1) is 0 Å². The molecule has 17 heavy (non-hydrogen) atoms. The second-order valence-electron chi connectivity index (χ2n) is 4.41. The predicted molar refractivity (Wildman–Crippen MR) is 66.8 cm³/mol. The molecule has 1 aromatic rings. The van der Waals surface area contributed by atoms with Gasteiger partial charge >= 0.3 is 0 Å². The molecule has 0 amide bonds. The molecule has 0 aromatic carbocycles. The van der Waals surface area contributed by atoms with Gasteiger partial charge in [0.1, 0.15) is 0 Å². The summed E-state index contributed by atoms with van der Waals surface area (Å²) in [6, 6.07) is 1.93. The molecule has 0 aliphatic heterocycles. The highest BCUT2D eigenvalue weighted by atomic mass is 16.5. The number of aliphatic hydroxyl groups is 1. The summed E-state index contributed by atoms with van der Waals surface area (Å²) in [5.74, 6) is 0. The van der Waals surface area contributed by atoms with Crippen LogP contribution in [0.1, 0.15) is 25.3 Å². The molecule has 0 fully saturated rings. The van der Waals surface area contributed by atoms with Gasteiger partial charge in [-0.2, -0.15) is 0 Å². The van der Waals surface area contributed by atoms with Crippen LogP contribution in [-0.4, -0.2) is 42.9 Å². The number of likely N-dealkylation sites (N-methyl/N-ethyl adjacent to an activating group) is 1. The minimum atomic E-state index is -0.427. The number of nitrogens with zero attached hydrogens (tertiary/aromatic N) is 1. The van der Waals surface area contributed by atoms with Crippen molar-refractivity contribution in [3.63, 3.8) is 0 Å². The maximum Gasteiger partial charge on any atom is 0.0947 e. The summed E-state index contributed by atoms with van der Waals surface area (Å²) in [5, 5.41) is 9.76. The van der Waals surface area contributed by atoms with Gasteiger partial charge in [0.25, 0.3) is 0 Å². The van der Waals surface area contributed by atoms with Crippen LogP contribution in [0.15, 0.2) is 23.0 Å². The number of unbranched alkanes of at least 4 members (excludes halogenated alkanes) is 1. The van der Waals surface area contributed by atoms with E-state index >= 15 is 0 Å². The van der Waals surface area contributed by atoms with E-state index in [1.165, 1.54) is 0 Å². The van der Waals surface area contributed by atoms with Crippen LogP contribution in [0.25, 0.3) is 0 Å². The van der Waals surface area contributed by atoms with Gasteiger partial charge in [0.15, 0.2) is 0 Å². The minimum Gasteiger partial charge on any atom is -0.472 e. The molecule has 0 aliphatic carbocycles. The average Bonchev–Trinajstić information content (AvgIpc) is 2.77. The molecule has 0 spiro atoms. The largest absolute Gasteiger partial charge is 0.472 e. The van der Waals surface area contributed by atoms with Gasteiger partial charge in [0.05, 0.1) is 25.2 Å². The summed E-state index contributed by atoms with van der Waals surface area (Å²) in [4.78, 5) is 2.05. The van der Waals surface area contributed by atoms with Crippen LogP contribution in [0.2, 0.25) is 0 Å². The van der Waals surface area contributed by atoms with E-state index in [1.54, 1.807) is 12.5 Å². The molecule has 0 saturated heterocycles. The Morgan fingerprint density at radius 1 is 1.53 bits per heavy atom. The van der Waals surface area contributed by atoms with Crippen molar-refractivity contribution < 1.29 is 14.3 Å². The highest BCUT2D eigenvalue weighted by Crippen LogP contribution is 2.04. The van der Waals surface area contributed by atoms with Crippen molar-refractivity contribution in [3.8, 4) is 0 Å². The van der Waals surface area contributed by atoms with E-state index < -0.39 is 6.10 Å². The van der Waals surface area contributed by atoms with E-state index in [2.05, 4.69) is 11.8 Å². The van der Waals surface area contributed by atoms with E-state index in [9.17, 15) is 5.11 Å². The Labute approximate surface area is 103 Å². The van der Waals surface area contributed by atoms with Crippen molar-refractivity contribution in [2.75, 3.05) is 26.8 Å². The first kappa shape index (κ1) is 14.2. The lowest BCUT2D eigenvalue weighted by Crippen LogP contribution is -2.31. The van der Waals surface area contributed by atoms with E-state index in [0.29, 0.717) is 13.2 Å². The first-order valence-corrected chi connectivity index (χ1v) is 6.17. The van der Waals surface area contributed by atoms with Gasteiger partial charge in [0.2, 0.25) is 0 Å². The van der Waals surface area contributed by atoms with Crippen molar-refractivity contribution in [1.29, 1.82) is 0 Å². The van der Waals surface area contributed by atoms with Gasteiger partial charge in [-0.25, -0.2) is 0 Å². The molecule has 1 unspecified atom stereocenters. The maximum absolute atomic E-state index is 9.76. The van der Waals surface area contributed by atoms with Crippen molar-refractivity contribution in [2.24, 2.45) is 0 Å². The third-order valence-electron chi connectivity index (χ3n) is 2.51. The molecule has 0 aliphatic rings. The molecular weight excluding hydrogens is 218 g/mol. The maximum atomic E-state index is 9.76. The van der Waals surface area contributed by atoms with Gasteiger partial charge in [-0.1, -0.05) is 13.3 Å². The Bertz CT molecular complexity index is 274. The molecule has 0 saturated carbocycles. The highest BCUT2D eigenvalue weighted by molar-refractivity contribution is 5.04. The number of rotatable bonds is 9. The lowest BCUT2D eigenvalue weighted by molar-refractivity contribution is 0.0188. The molecule has 1 rings (SSSR count). The van der Waals surface area contributed by atoms with E-state index in [0.717, 1.165) is 31.6 Å².